The van der Waals surface area contributed by atoms with Crippen LogP contribution in [0.2, 0.25) is 5.02 Å². The van der Waals surface area contributed by atoms with Crippen molar-refractivity contribution >= 4 is 23.5 Å². The van der Waals surface area contributed by atoms with E-state index >= 15 is 0 Å². The minimum absolute atomic E-state index is 0.129. The van der Waals surface area contributed by atoms with Crippen molar-refractivity contribution in [2.45, 2.75) is 19.0 Å². The summed E-state index contributed by atoms with van der Waals surface area (Å²) in [6.45, 7) is 0. The first-order valence-corrected chi connectivity index (χ1v) is 7.44. The monoisotopic (exact) mass is 336 g/mol. The second kappa shape index (κ2) is 5.85. The van der Waals surface area contributed by atoms with Gasteiger partial charge in [-0.15, -0.1) is 0 Å². The van der Waals surface area contributed by atoms with E-state index in [9.17, 15) is 18.0 Å². The Kier molecular flexibility index (Phi) is 4.02. The average molecular weight is 337 g/mol. The molecule has 118 valence electrons. The van der Waals surface area contributed by atoms with Crippen molar-refractivity contribution in [2.75, 3.05) is 0 Å². The molecular weight excluding hydrogens is 325 g/mol. The Morgan fingerprint density at radius 3 is 2.52 bits per heavy atom. The number of carbonyl (C=O) groups is 1. The molecule has 0 radical (unpaired) electrons. The topological polar surface area (TPSA) is 17.1 Å². The number of carbonyl (C=O) groups excluding carboxylic acids is 1. The third-order valence-electron chi connectivity index (χ3n) is 3.85. The van der Waals surface area contributed by atoms with Gasteiger partial charge in [0, 0.05) is 11.1 Å². The number of fused-ring (bicyclic) bond motifs is 1. The lowest BCUT2D eigenvalue weighted by Gasteiger charge is -2.17. The number of allylic oxidation sites excluding steroid dienone is 1. The predicted octanol–water partition coefficient (Wildman–Crippen LogP) is 5.57. The highest BCUT2D eigenvalue weighted by Gasteiger charge is 2.33. The molecule has 1 aliphatic carbocycles. The molecule has 0 aromatic heterocycles. The zero-order valence-electron chi connectivity index (χ0n) is 12.0. The summed E-state index contributed by atoms with van der Waals surface area (Å²) in [6.07, 6.45) is -1.79. The summed E-state index contributed by atoms with van der Waals surface area (Å²) >= 11 is 5.61. The van der Waals surface area contributed by atoms with Gasteiger partial charge in [-0.1, -0.05) is 41.9 Å². The van der Waals surface area contributed by atoms with Gasteiger partial charge in [0.05, 0.1) is 10.6 Å². The molecule has 2 aromatic rings. The van der Waals surface area contributed by atoms with Crippen LogP contribution < -0.4 is 0 Å². The molecule has 0 saturated carbocycles. The van der Waals surface area contributed by atoms with Gasteiger partial charge in [-0.05, 0) is 42.2 Å². The van der Waals surface area contributed by atoms with Crippen LogP contribution >= 0.6 is 11.6 Å². The molecule has 0 heterocycles. The molecule has 1 aliphatic rings. The fourth-order valence-electron chi connectivity index (χ4n) is 2.70. The van der Waals surface area contributed by atoms with Crippen molar-refractivity contribution in [3.63, 3.8) is 0 Å². The standard InChI is InChI=1S/C18H12ClF3O/c19-16-8-5-11(10-15(16)18(20,21)22)9-13-7-6-12-3-1-2-4-14(12)17(13)23/h1-5,8-10H,6-7H2/b13-9+. The number of halogens is 4. The SMILES string of the molecule is O=C1/C(=C/c2ccc(Cl)c(C(F)(F)F)c2)CCc2ccccc21. The van der Waals surface area contributed by atoms with Gasteiger partial charge in [-0.2, -0.15) is 13.2 Å². The maximum atomic E-state index is 12.9. The van der Waals surface area contributed by atoms with Crippen LogP contribution in [0.25, 0.3) is 6.08 Å². The minimum atomic E-state index is -4.52. The molecule has 1 nitrogen and oxygen atoms in total. The molecule has 0 amide bonds. The normalized spacial score (nSPS) is 16.5. The second-order valence-corrected chi connectivity index (χ2v) is 5.80. The Labute approximate surface area is 136 Å². The fourth-order valence-corrected chi connectivity index (χ4v) is 2.93. The van der Waals surface area contributed by atoms with Gasteiger partial charge in [-0.25, -0.2) is 0 Å². The fraction of sp³-hybridized carbons (Fsp3) is 0.167. The van der Waals surface area contributed by atoms with Gasteiger partial charge in [0.15, 0.2) is 5.78 Å². The van der Waals surface area contributed by atoms with Crippen LogP contribution in [0, 0.1) is 0 Å². The number of ketones is 1. The molecule has 0 aliphatic heterocycles. The maximum absolute atomic E-state index is 12.9. The van der Waals surface area contributed by atoms with Gasteiger partial charge in [0.1, 0.15) is 0 Å². The lowest BCUT2D eigenvalue weighted by atomic mass is 9.86. The summed E-state index contributed by atoms with van der Waals surface area (Å²) in [5.74, 6) is -0.129. The van der Waals surface area contributed by atoms with Gasteiger partial charge >= 0.3 is 6.18 Å². The summed E-state index contributed by atoms with van der Waals surface area (Å²) in [4.78, 5) is 12.5. The first kappa shape index (κ1) is 15.8. The Morgan fingerprint density at radius 2 is 1.78 bits per heavy atom. The second-order valence-electron chi connectivity index (χ2n) is 5.39. The third kappa shape index (κ3) is 3.17. The smallest absolute Gasteiger partial charge is 0.289 e. The molecular formula is C18H12ClF3O. The number of Topliss-reactive ketones (excluding diaryl/α,β-unsaturated/α-hetero) is 1. The Bertz CT molecular complexity index is 806. The predicted molar refractivity (Wildman–Crippen MR) is 83.5 cm³/mol. The Balaban J connectivity index is 1.99. The number of alkyl halides is 3. The molecule has 0 fully saturated rings. The van der Waals surface area contributed by atoms with Crippen LogP contribution in [0.4, 0.5) is 13.2 Å². The van der Waals surface area contributed by atoms with E-state index in [1.165, 1.54) is 18.2 Å². The zero-order valence-corrected chi connectivity index (χ0v) is 12.7. The quantitative estimate of drug-likeness (QED) is 0.622. The first-order chi connectivity index (χ1) is 10.9. The van der Waals surface area contributed by atoms with E-state index in [0.717, 1.165) is 11.6 Å². The van der Waals surface area contributed by atoms with Crippen molar-refractivity contribution in [3.8, 4) is 0 Å². The average Bonchev–Trinajstić information content (AvgIpc) is 2.51. The van der Waals surface area contributed by atoms with Crippen molar-refractivity contribution in [2.24, 2.45) is 0 Å². The highest BCUT2D eigenvalue weighted by Crippen LogP contribution is 2.36. The molecule has 0 bridgehead atoms. The summed E-state index contributed by atoms with van der Waals surface area (Å²) in [6, 6.07) is 11.0. The van der Waals surface area contributed by atoms with Crippen molar-refractivity contribution in [1.29, 1.82) is 0 Å². The number of aryl methyl sites for hydroxylation is 1. The van der Waals surface area contributed by atoms with E-state index in [0.29, 0.717) is 29.5 Å². The van der Waals surface area contributed by atoms with Crippen LogP contribution in [0.15, 0.2) is 48.0 Å². The van der Waals surface area contributed by atoms with Crippen LogP contribution in [0.5, 0.6) is 0 Å². The minimum Gasteiger partial charge on any atom is -0.289 e. The lowest BCUT2D eigenvalue weighted by Crippen LogP contribution is -2.13. The van der Waals surface area contributed by atoms with E-state index in [2.05, 4.69) is 0 Å². The maximum Gasteiger partial charge on any atom is 0.417 e. The molecule has 3 rings (SSSR count). The number of hydrogen-bond donors (Lipinski definition) is 0. The summed E-state index contributed by atoms with van der Waals surface area (Å²) in [7, 11) is 0. The van der Waals surface area contributed by atoms with Crippen LogP contribution in [-0.4, -0.2) is 5.78 Å². The van der Waals surface area contributed by atoms with Gasteiger partial charge in [0.2, 0.25) is 0 Å². The van der Waals surface area contributed by atoms with Gasteiger partial charge < -0.3 is 0 Å². The molecule has 0 atom stereocenters. The van der Waals surface area contributed by atoms with E-state index < -0.39 is 11.7 Å². The van der Waals surface area contributed by atoms with Crippen molar-refractivity contribution < 1.29 is 18.0 Å². The number of rotatable bonds is 1. The van der Waals surface area contributed by atoms with Crippen LogP contribution in [-0.2, 0) is 12.6 Å². The zero-order chi connectivity index (χ0) is 16.6. The third-order valence-corrected chi connectivity index (χ3v) is 4.18. The molecule has 0 N–H and O–H groups in total. The van der Waals surface area contributed by atoms with Crippen molar-refractivity contribution in [3.05, 3.63) is 75.3 Å². The summed E-state index contributed by atoms with van der Waals surface area (Å²) < 4.78 is 38.7. The highest BCUT2D eigenvalue weighted by molar-refractivity contribution is 6.31. The summed E-state index contributed by atoms with van der Waals surface area (Å²) in [5.41, 5.74) is 1.54. The Hall–Kier alpha value is -2.07. The van der Waals surface area contributed by atoms with Crippen molar-refractivity contribution in [1.82, 2.24) is 0 Å². The van der Waals surface area contributed by atoms with Crippen LogP contribution in [0.1, 0.15) is 33.5 Å². The molecule has 0 unspecified atom stereocenters. The van der Waals surface area contributed by atoms with E-state index in [1.807, 2.05) is 12.1 Å². The van der Waals surface area contributed by atoms with E-state index in [-0.39, 0.29) is 10.8 Å². The first-order valence-electron chi connectivity index (χ1n) is 7.06. The molecule has 0 spiro atoms. The Morgan fingerprint density at radius 1 is 1.04 bits per heavy atom. The molecule has 2 aromatic carbocycles. The van der Waals surface area contributed by atoms with E-state index in [1.54, 1.807) is 12.1 Å². The van der Waals surface area contributed by atoms with Gasteiger partial charge in [-0.3, -0.25) is 4.79 Å². The summed E-state index contributed by atoms with van der Waals surface area (Å²) in [5, 5.41) is -0.347. The van der Waals surface area contributed by atoms with Crippen LogP contribution in [0.3, 0.4) is 0 Å². The lowest BCUT2D eigenvalue weighted by molar-refractivity contribution is -0.137. The number of benzene rings is 2. The number of hydrogen-bond acceptors (Lipinski definition) is 1. The molecule has 23 heavy (non-hydrogen) atoms. The molecule has 5 heteroatoms. The highest BCUT2D eigenvalue weighted by atomic mass is 35.5. The largest absolute Gasteiger partial charge is 0.417 e. The van der Waals surface area contributed by atoms with E-state index in [4.69, 9.17) is 11.6 Å². The molecule has 0 saturated heterocycles. The van der Waals surface area contributed by atoms with Gasteiger partial charge in [0.25, 0.3) is 0 Å².